The number of likely N-dealkylation sites (N-methyl/N-ethyl adjacent to an activating group) is 1. The molecule has 0 aliphatic heterocycles. The van der Waals surface area contributed by atoms with Crippen LogP contribution in [0.1, 0.15) is 31.4 Å². The predicted molar refractivity (Wildman–Crippen MR) is 118 cm³/mol. The molecule has 3 rings (SSSR count). The molecular formula is C19H23ClF2N4O4S2. The van der Waals surface area contributed by atoms with Crippen molar-refractivity contribution >= 4 is 50.3 Å². The summed E-state index contributed by atoms with van der Waals surface area (Å²) < 4.78 is 60.4. The van der Waals surface area contributed by atoms with Gasteiger partial charge in [0, 0.05) is 12.1 Å². The lowest BCUT2D eigenvalue weighted by molar-refractivity contribution is -0.133. The number of halogens is 3. The van der Waals surface area contributed by atoms with E-state index >= 15 is 0 Å². The van der Waals surface area contributed by atoms with Gasteiger partial charge in [0.1, 0.15) is 17.4 Å². The SMILES string of the molecule is Cc1nc(NS(=O)(=O)c2cc(Cl)c(N[C@H]3CCCC[C@@H]3N(C)COC=O)cc2F)sc1F. The molecule has 0 bridgehead atoms. The Hall–Kier alpha value is -2.02. The van der Waals surface area contributed by atoms with Crippen LogP contribution in [-0.2, 0) is 19.6 Å². The Morgan fingerprint density at radius 1 is 1.34 bits per heavy atom. The van der Waals surface area contributed by atoms with Crippen LogP contribution in [0.15, 0.2) is 17.0 Å². The highest BCUT2D eigenvalue weighted by atomic mass is 35.5. The number of nitrogens with zero attached hydrogens (tertiary/aromatic N) is 2. The molecule has 8 nitrogen and oxygen atoms in total. The third-order valence-corrected chi connectivity index (χ3v) is 7.91. The van der Waals surface area contributed by atoms with Gasteiger partial charge in [0.15, 0.2) is 5.13 Å². The average Bonchev–Trinajstić information content (AvgIpc) is 3.04. The molecule has 1 aromatic carbocycles. The van der Waals surface area contributed by atoms with Crippen LogP contribution in [0.3, 0.4) is 0 Å². The summed E-state index contributed by atoms with van der Waals surface area (Å²) in [5, 5.41) is 2.38. The Morgan fingerprint density at radius 2 is 2.06 bits per heavy atom. The van der Waals surface area contributed by atoms with Crippen LogP contribution in [0.25, 0.3) is 0 Å². The first kappa shape index (κ1) is 24.6. The summed E-state index contributed by atoms with van der Waals surface area (Å²) in [6, 6.07) is 1.94. The zero-order chi connectivity index (χ0) is 23.5. The summed E-state index contributed by atoms with van der Waals surface area (Å²) in [4.78, 5) is 15.5. The summed E-state index contributed by atoms with van der Waals surface area (Å²) in [6.07, 6.45) is 3.58. The number of anilines is 2. The summed E-state index contributed by atoms with van der Waals surface area (Å²) >= 11 is 6.80. The maximum absolute atomic E-state index is 14.8. The number of carbonyl (C=O) groups is 1. The van der Waals surface area contributed by atoms with E-state index in [1.54, 1.807) is 0 Å². The van der Waals surface area contributed by atoms with Crippen molar-refractivity contribution in [3.05, 3.63) is 33.8 Å². The van der Waals surface area contributed by atoms with Crippen LogP contribution in [0, 0.1) is 17.9 Å². The minimum atomic E-state index is -4.37. The van der Waals surface area contributed by atoms with Gasteiger partial charge in [-0.15, -0.1) is 0 Å². The van der Waals surface area contributed by atoms with E-state index in [0.717, 1.165) is 37.8 Å². The van der Waals surface area contributed by atoms with Gasteiger partial charge in [-0.25, -0.2) is 17.8 Å². The molecule has 1 fully saturated rings. The minimum Gasteiger partial charge on any atom is -0.452 e. The highest BCUT2D eigenvalue weighted by molar-refractivity contribution is 7.93. The Bertz CT molecular complexity index is 1060. The molecule has 0 unspecified atom stereocenters. The Labute approximate surface area is 194 Å². The van der Waals surface area contributed by atoms with Gasteiger partial charge in [0.05, 0.1) is 16.4 Å². The van der Waals surface area contributed by atoms with E-state index in [4.69, 9.17) is 16.3 Å². The Morgan fingerprint density at radius 3 is 2.72 bits per heavy atom. The first-order chi connectivity index (χ1) is 15.1. The number of ether oxygens (including phenoxy) is 1. The predicted octanol–water partition coefficient (Wildman–Crippen LogP) is 3.97. The number of sulfonamides is 1. The Kier molecular flexibility index (Phi) is 7.91. The quantitative estimate of drug-likeness (QED) is 0.390. The van der Waals surface area contributed by atoms with E-state index in [1.807, 2.05) is 11.9 Å². The molecule has 1 saturated carbocycles. The van der Waals surface area contributed by atoms with Crippen LogP contribution in [0.5, 0.6) is 0 Å². The van der Waals surface area contributed by atoms with Gasteiger partial charge in [-0.1, -0.05) is 35.8 Å². The number of carbonyl (C=O) groups excluding carboxylic acids is 1. The number of benzene rings is 1. The summed E-state index contributed by atoms with van der Waals surface area (Å²) in [7, 11) is -2.55. The largest absolute Gasteiger partial charge is 0.452 e. The number of thiazole rings is 1. The molecule has 2 N–H and O–H groups in total. The smallest absolute Gasteiger partial charge is 0.294 e. The zero-order valence-electron chi connectivity index (χ0n) is 17.4. The minimum absolute atomic E-state index is 0.0101. The van der Waals surface area contributed by atoms with Gasteiger partial charge >= 0.3 is 0 Å². The van der Waals surface area contributed by atoms with Crippen LogP contribution < -0.4 is 10.0 Å². The van der Waals surface area contributed by atoms with Gasteiger partial charge in [-0.2, -0.15) is 4.39 Å². The molecule has 1 aliphatic rings. The lowest BCUT2D eigenvalue weighted by Crippen LogP contribution is -2.47. The van der Waals surface area contributed by atoms with E-state index in [2.05, 4.69) is 15.0 Å². The molecule has 0 radical (unpaired) electrons. The second-order valence-electron chi connectivity index (χ2n) is 7.50. The van der Waals surface area contributed by atoms with Gasteiger partial charge in [0.25, 0.3) is 16.5 Å². The Balaban J connectivity index is 1.80. The lowest BCUT2D eigenvalue weighted by atomic mass is 9.89. The maximum Gasteiger partial charge on any atom is 0.294 e. The molecule has 176 valence electrons. The molecule has 0 saturated heterocycles. The third-order valence-electron chi connectivity index (χ3n) is 5.26. The first-order valence-electron chi connectivity index (χ1n) is 9.79. The van der Waals surface area contributed by atoms with Gasteiger partial charge in [0.2, 0.25) is 5.13 Å². The molecular weight excluding hydrogens is 486 g/mol. The molecule has 2 atom stereocenters. The van der Waals surface area contributed by atoms with Crippen LogP contribution >= 0.6 is 22.9 Å². The second kappa shape index (κ2) is 10.3. The normalized spacial score (nSPS) is 19.1. The summed E-state index contributed by atoms with van der Waals surface area (Å²) in [6.45, 7) is 1.89. The second-order valence-corrected chi connectivity index (χ2v) is 10.5. The molecule has 1 aromatic heterocycles. The fourth-order valence-corrected chi connectivity index (χ4v) is 5.99. The number of aromatic nitrogens is 1. The van der Waals surface area contributed by atoms with Crippen LogP contribution in [-0.4, -0.2) is 50.6 Å². The number of hydrogen-bond donors (Lipinski definition) is 2. The molecule has 1 aliphatic carbocycles. The number of nitrogens with one attached hydrogen (secondary N) is 2. The maximum atomic E-state index is 14.8. The number of hydrogen-bond acceptors (Lipinski definition) is 8. The molecule has 1 heterocycles. The van der Waals surface area contributed by atoms with E-state index in [9.17, 15) is 22.0 Å². The average molecular weight is 509 g/mol. The molecule has 0 amide bonds. The fraction of sp³-hybridized carbons (Fsp3) is 0.474. The van der Waals surface area contributed by atoms with Gasteiger partial charge < -0.3 is 10.1 Å². The van der Waals surface area contributed by atoms with E-state index in [-0.39, 0.29) is 40.4 Å². The van der Waals surface area contributed by atoms with E-state index in [0.29, 0.717) is 17.8 Å². The fourth-order valence-electron chi connectivity index (χ4n) is 3.69. The van der Waals surface area contributed by atoms with Crippen molar-refractivity contribution in [1.82, 2.24) is 9.88 Å². The van der Waals surface area contributed by atoms with Crippen molar-refractivity contribution in [2.45, 2.75) is 49.6 Å². The van der Waals surface area contributed by atoms with Gasteiger partial charge in [-0.05, 0) is 38.9 Å². The highest BCUT2D eigenvalue weighted by Crippen LogP contribution is 2.33. The summed E-state index contributed by atoms with van der Waals surface area (Å²) in [5.41, 5.74) is 0.289. The molecule has 0 spiro atoms. The molecule has 13 heteroatoms. The van der Waals surface area contributed by atoms with Crippen molar-refractivity contribution in [3.8, 4) is 0 Å². The molecule has 32 heavy (non-hydrogen) atoms. The van der Waals surface area contributed by atoms with Crippen molar-refractivity contribution in [2.75, 3.05) is 23.8 Å². The highest BCUT2D eigenvalue weighted by Gasteiger charge is 2.30. The van der Waals surface area contributed by atoms with E-state index in [1.165, 1.54) is 6.92 Å². The molecule has 2 aromatic rings. The monoisotopic (exact) mass is 508 g/mol. The van der Waals surface area contributed by atoms with Crippen molar-refractivity contribution in [1.29, 1.82) is 0 Å². The van der Waals surface area contributed by atoms with Crippen molar-refractivity contribution in [2.24, 2.45) is 0 Å². The van der Waals surface area contributed by atoms with Crippen molar-refractivity contribution < 1.29 is 26.7 Å². The zero-order valence-corrected chi connectivity index (χ0v) is 19.8. The van der Waals surface area contributed by atoms with Crippen molar-refractivity contribution in [3.63, 3.8) is 0 Å². The number of aryl methyl sites for hydroxylation is 1. The third kappa shape index (κ3) is 5.66. The summed E-state index contributed by atoms with van der Waals surface area (Å²) in [5.74, 6) is -1.01. The van der Waals surface area contributed by atoms with Crippen LogP contribution in [0.2, 0.25) is 5.02 Å². The first-order valence-corrected chi connectivity index (χ1v) is 12.5. The standard InChI is InChI=1S/C19H23ClF2N4O4S2/c1-11-18(22)31-19(23-11)25-32(28,29)17-7-12(20)15(8-13(17)21)24-14-5-3-4-6-16(14)26(2)9-30-10-27/h7-8,10,14,16,24H,3-6,9H2,1-2H3,(H,23,25)/t14-,16-/m0/s1. The topological polar surface area (TPSA) is 101 Å². The van der Waals surface area contributed by atoms with E-state index < -0.39 is 25.9 Å². The number of rotatable bonds is 9. The van der Waals surface area contributed by atoms with Gasteiger partial charge in [-0.3, -0.25) is 14.4 Å². The van der Waals surface area contributed by atoms with Crippen LogP contribution in [0.4, 0.5) is 19.6 Å². The lowest BCUT2D eigenvalue weighted by Gasteiger charge is -2.38.